The van der Waals surface area contributed by atoms with Crippen LogP contribution in [0.5, 0.6) is 0 Å². The molecule has 4 heteroatoms. The maximum Gasteiger partial charge on any atom is 0.242 e. The van der Waals surface area contributed by atoms with Crippen molar-refractivity contribution in [2.45, 2.75) is 26.8 Å². The lowest BCUT2D eigenvalue weighted by Crippen LogP contribution is -2.31. The van der Waals surface area contributed by atoms with Crippen LogP contribution in [0.4, 0.5) is 5.69 Å². The quantitative estimate of drug-likeness (QED) is 0.887. The number of furan rings is 1. The monoisotopic (exact) mass is 286 g/mol. The van der Waals surface area contributed by atoms with E-state index < -0.39 is 0 Å². The number of nitrogens with one attached hydrogen (secondary N) is 1. The van der Waals surface area contributed by atoms with Crippen LogP contribution in [-0.2, 0) is 17.8 Å². The van der Waals surface area contributed by atoms with Crippen molar-refractivity contribution in [3.05, 3.63) is 53.5 Å². The molecule has 4 nitrogen and oxygen atoms in total. The largest absolute Gasteiger partial charge is 0.464 e. The van der Waals surface area contributed by atoms with Crippen LogP contribution in [0.1, 0.15) is 24.0 Å². The molecule has 0 unspecified atom stereocenters. The number of carbonyl (C=O) groups is 1. The molecule has 21 heavy (non-hydrogen) atoms. The summed E-state index contributed by atoms with van der Waals surface area (Å²) in [5, 5.41) is 3.15. The number of nitrogens with zero attached hydrogens (tertiary/aromatic N) is 1. The maximum absolute atomic E-state index is 12.1. The van der Waals surface area contributed by atoms with Crippen molar-refractivity contribution >= 4 is 11.6 Å². The van der Waals surface area contributed by atoms with Crippen LogP contribution in [0, 0.1) is 6.92 Å². The molecule has 1 amide bonds. The summed E-state index contributed by atoms with van der Waals surface area (Å²) in [6.45, 7) is 4.79. The van der Waals surface area contributed by atoms with Gasteiger partial charge in [-0.3, -0.25) is 4.79 Å². The summed E-state index contributed by atoms with van der Waals surface area (Å²) in [6.07, 6.45) is 1.02. The average molecular weight is 286 g/mol. The molecule has 0 bridgehead atoms. The number of carbonyl (C=O) groups excluding carboxylic acids is 1. The van der Waals surface area contributed by atoms with Crippen molar-refractivity contribution in [1.29, 1.82) is 0 Å². The van der Waals surface area contributed by atoms with Crippen LogP contribution in [0.25, 0.3) is 0 Å². The molecule has 2 rings (SSSR count). The first kappa shape index (κ1) is 15.2. The zero-order valence-corrected chi connectivity index (χ0v) is 12.8. The maximum atomic E-state index is 12.1. The first-order valence-corrected chi connectivity index (χ1v) is 7.20. The van der Waals surface area contributed by atoms with Gasteiger partial charge >= 0.3 is 0 Å². The van der Waals surface area contributed by atoms with Gasteiger partial charge in [-0.1, -0.05) is 19.1 Å². The predicted molar refractivity (Wildman–Crippen MR) is 84.2 cm³/mol. The lowest BCUT2D eigenvalue weighted by atomic mass is 10.1. The average Bonchev–Trinajstić information content (AvgIpc) is 2.90. The molecule has 0 saturated carbocycles. The Morgan fingerprint density at radius 1 is 1.19 bits per heavy atom. The number of rotatable bonds is 6. The van der Waals surface area contributed by atoms with E-state index in [1.807, 2.05) is 31.2 Å². The molecule has 0 fully saturated rings. The molecule has 0 aliphatic carbocycles. The first-order valence-electron chi connectivity index (χ1n) is 7.20. The number of hydrogen-bond donors (Lipinski definition) is 1. The van der Waals surface area contributed by atoms with E-state index >= 15 is 0 Å². The molecule has 1 N–H and O–H groups in total. The van der Waals surface area contributed by atoms with Crippen molar-refractivity contribution < 1.29 is 9.21 Å². The van der Waals surface area contributed by atoms with E-state index in [9.17, 15) is 4.79 Å². The van der Waals surface area contributed by atoms with Crippen molar-refractivity contribution in [1.82, 2.24) is 4.90 Å². The van der Waals surface area contributed by atoms with Crippen molar-refractivity contribution in [3.8, 4) is 0 Å². The van der Waals surface area contributed by atoms with Crippen LogP contribution in [-0.4, -0.2) is 24.4 Å². The van der Waals surface area contributed by atoms with E-state index in [0.29, 0.717) is 6.54 Å². The molecule has 0 atom stereocenters. The van der Waals surface area contributed by atoms with E-state index in [2.05, 4.69) is 24.4 Å². The Labute approximate surface area is 125 Å². The van der Waals surface area contributed by atoms with Gasteiger partial charge in [0.25, 0.3) is 0 Å². The topological polar surface area (TPSA) is 45.5 Å². The van der Waals surface area contributed by atoms with Crippen LogP contribution in [0.2, 0.25) is 0 Å². The molecule has 112 valence electrons. The zero-order chi connectivity index (χ0) is 15.2. The number of hydrogen-bond acceptors (Lipinski definition) is 3. The Bertz CT molecular complexity index is 587. The Balaban J connectivity index is 1.82. The molecule has 1 aromatic carbocycles. The predicted octanol–water partition coefficient (Wildman–Crippen LogP) is 3.22. The summed E-state index contributed by atoms with van der Waals surface area (Å²) in [5.74, 6) is 1.69. The fourth-order valence-electron chi connectivity index (χ4n) is 2.06. The third kappa shape index (κ3) is 4.38. The molecule has 0 aliphatic heterocycles. The lowest BCUT2D eigenvalue weighted by Gasteiger charge is -2.16. The summed E-state index contributed by atoms with van der Waals surface area (Å²) in [7, 11) is 1.78. The smallest absolute Gasteiger partial charge is 0.242 e. The Morgan fingerprint density at radius 2 is 1.90 bits per heavy atom. The summed E-state index contributed by atoms with van der Waals surface area (Å²) in [6, 6.07) is 11.9. The third-order valence-corrected chi connectivity index (χ3v) is 3.42. The molecule has 2 aromatic rings. The van der Waals surface area contributed by atoms with Gasteiger partial charge in [-0.05, 0) is 43.2 Å². The van der Waals surface area contributed by atoms with Crippen LogP contribution in [0.3, 0.4) is 0 Å². The van der Waals surface area contributed by atoms with Gasteiger partial charge in [-0.15, -0.1) is 0 Å². The van der Waals surface area contributed by atoms with Gasteiger partial charge < -0.3 is 14.6 Å². The standard InChI is InChI=1S/C17H22N2O2/c1-4-14-6-8-15(9-7-14)18-11-17(20)19(3)12-16-10-5-13(2)21-16/h5-10,18H,4,11-12H2,1-3H3. The van der Waals surface area contributed by atoms with Crippen LogP contribution >= 0.6 is 0 Å². The first-order chi connectivity index (χ1) is 10.1. The van der Waals surface area contributed by atoms with Gasteiger partial charge in [-0.25, -0.2) is 0 Å². The highest BCUT2D eigenvalue weighted by Crippen LogP contribution is 2.11. The minimum absolute atomic E-state index is 0.0311. The SMILES string of the molecule is CCc1ccc(NCC(=O)N(C)Cc2ccc(C)o2)cc1. The van der Waals surface area contributed by atoms with E-state index in [0.717, 1.165) is 23.6 Å². The number of aryl methyl sites for hydroxylation is 2. The second kappa shape index (κ2) is 6.97. The van der Waals surface area contributed by atoms with Gasteiger partial charge in [0.05, 0.1) is 13.1 Å². The highest BCUT2D eigenvalue weighted by Gasteiger charge is 2.10. The molecular formula is C17H22N2O2. The van der Waals surface area contributed by atoms with E-state index in [-0.39, 0.29) is 12.5 Å². The van der Waals surface area contributed by atoms with E-state index in [4.69, 9.17) is 4.42 Å². The Morgan fingerprint density at radius 3 is 2.48 bits per heavy atom. The van der Waals surface area contributed by atoms with Crippen molar-refractivity contribution in [2.24, 2.45) is 0 Å². The fourth-order valence-corrected chi connectivity index (χ4v) is 2.06. The molecule has 0 radical (unpaired) electrons. The van der Waals surface area contributed by atoms with E-state index in [1.165, 1.54) is 5.56 Å². The zero-order valence-electron chi connectivity index (χ0n) is 12.8. The molecule has 1 aromatic heterocycles. The van der Waals surface area contributed by atoms with Gasteiger partial charge in [-0.2, -0.15) is 0 Å². The summed E-state index contributed by atoms with van der Waals surface area (Å²) in [5.41, 5.74) is 2.25. The Hall–Kier alpha value is -2.23. The lowest BCUT2D eigenvalue weighted by molar-refractivity contribution is -0.128. The summed E-state index contributed by atoms with van der Waals surface area (Å²) < 4.78 is 5.48. The molecular weight excluding hydrogens is 264 g/mol. The van der Waals surface area contributed by atoms with E-state index in [1.54, 1.807) is 11.9 Å². The normalized spacial score (nSPS) is 10.4. The van der Waals surface area contributed by atoms with Crippen LogP contribution in [0.15, 0.2) is 40.8 Å². The summed E-state index contributed by atoms with van der Waals surface area (Å²) >= 11 is 0. The number of amides is 1. The van der Waals surface area contributed by atoms with Crippen LogP contribution < -0.4 is 5.32 Å². The van der Waals surface area contributed by atoms with Gasteiger partial charge in [0.2, 0.25) is 5.91 Å². The van der Waals surface area contributed by atoms with Crippen molar-refractivity contribution in [3.63, 3.8) is 0 Å². The minimum Gasteiger partial charge on any atom is -0.464 e. The number of likely N-dealkylation sites (N-methyl/N-ethyl adjacent to an activating group) is 1. The second-order valence-electron chi connectivity index (χ2n) is 5.17. The second-order valence-corrected chi connectivity index (χ2v) is 5.17. The number of anilines is 1. The third-order valence-electron chi connectivity index (χ3n) is 3.42. The highest BCUT2D eigenvalue weighted by molar-refractivity contribution is 5.80. The molecule has 0 spiro atoms. The summed E-state index contributed by atoms with van der Waals surface area (Å²) in [4.78, 5) is 13.7. The van der Waals surface area contributed by atoms with Gasteiger partial charge in [0, 0.05) is 12.7 Å². The molecule has 0 saturated heterocycles. The highest BCUT2D eigenvalue weighted by atomic mass is 16.3. The van der Waals surface area contributed by atoms with Gasteiger partial charge in [0.15, 0.2) is 0 Å². The minimum atomic E-state index is 0.0311. The fraction of sp³-hybridized carbons (Fsp3) is 0.353. The van der Waals surface area contributed by atoms with Crippen molar-refractivity contribution in [2.75, 3.05) is 18.9 Å². The molecule has 0 aliphatic rings. The number of benzene rings is 1. The molecule has 1 heterocycles. The Kier molecular flexibility index (Phi) is 5.04. The van der Waals surface area contributed by atoms with Gasteiger partial charge in [0.1, 0.15) is 11.5 Å².